The predicted octanol–water partition coefficient (Wildman–Crippen LogP) is 2.32. The summed E-state index contributed by atoms with van der Waals surface area (Å²) in [6.07, 6.45) is 2.22. The quantitative estimate of drug-likeness (QED) is 0.671. The van der Waals surface area contributed by atoms with Crippen molar-refractivity contribution in [2.75, 3.05) is 0 Å². The maximum atomic E-state index is 13.2. The first kappa shape index (κ1) is 12.0. The largest absolute Gasteiger partial charge is 0.459 e. The standard InChI is InChI=1S/C12H8F2N2O2/c13-9-3-1-4-10(14)8(9)7-15-16-12(17)11-5-2-6-18-11/h1-7H,(H,16,17)/b15-7-. The summed E-state index contributed by atoms with van der Waals surface area (Å²) in [5.41, 5.74) is 1.77. The average Bonchev–Trinajstić information content (AvgIpc) is 2.86. The summed E-state index contributed by atoms with van der Waals surface area (Å²) in [6.45, 7) is 0. The SMILES string of the molecule is O=C(N/N=C\c1c(F)cccc1F)c1ccco1. The number of halogens is 2. The Kier molecular flexibility index (Phi) is 3.47. The maximum absolute atomic E-state index is 13.2. The summed E-state index contributed by atoms with van der Waals surface area (Å²) < 4.78 is 31.2. The molecule has 0 fully saturated rings. The molecule has 0 atom stereocenters. The molecule has 0 saturated carbocycles. The normalized spacial score (nSPS) is 10.8. The molecule has 2 rings (SSSR count). The summed E-state index contributed by atoms with van der Waals surface area (Å²) in [5, 5.41) is 3.45. The summed E-state index contributed by atoms with van der Waals surface area (Å²) in [7, 11) is 0. The van der Waals surface area contributed by atoms with Gasteiger partial charge in [0.15, 0.2) is 5.76 Å². The van der Waals surface area contributed by atoms with Gasteiger partial charge in [-0.3, -0.25) is 4.79 Å². The van der Waals surface area contributed by atoms with Crippen LogP contribution < -0.4 is 5.43 Å². The lowest BCUT2D eigenvalue weighted by Gasteiger charge is -1.98. The minimum absolute atomic E-state index is 0.0566. The summed E-state index contributed by atoms with van der Waals surface area (Å²) in [5.74, 6) is -2.06. The van der Waals surface area contributed by atoms with E-state index in [2.05, 4.69) is 10.5 Å². The highest BCUT2D eigenvalue weighted by Crippen LogP contribution is 2.09. The molecule has 2 aromatic rings. The summed E-state index contributed by atoms with van der Waals surface area (Å²) >= 11 is 0. The smallest absolute Gasteiger partial charge is 0.307 e. The molecule has 1 aromatic carbocycles. The van der Waals surface area contributed by atoms with Gasteiger partial charge in [0.1, 0.15) is 11.6 Å². The van der Waals surface area contributed by atoms with E-state index >= 15 is 0 Å². The number of hydrogen-bond donors (Lipinski definition) is 1. The van der Waals surface area contributed by atoms with Crippen LogP contribution in [-0.2, 0) is 0 Å². The molecule has 1 heterocycles. The lowest BCUT2D eigenvalue weighted by molar-refractivity contribution is 0.0927. The summed E-state index contributed by atoms with van der Waals surface area (Å²) in [6, 6.07) is 6.41. The molecule has 6 heteroatoms. The fourth-order valence-corrected chi connectivity index (χ4v) is 1.25. The van der Waals surface area contributed by atoms with Crippen molar-refractivity contribution >= 4 is 12.1 Å². The molecule has 0 saturated heterocycles. The Hall–Kier alpha value is -2.50. The van der Waals surface area contributed by atoms with Crippen LogP contribution in [0, 0.1) is 11.6 Å². The van der Waals surface area contributed by atoms with Crippen molar-refractivity contribution in [1.82, 2.24) is 5.43 Å². The van der Waals surface area contributed by atoms with E-state index in [4.69, 9.17) is 4.42 Å². The van der Waals surface area contributed by atoms with Crippen LogP contribution >= 0.6 is 0 Å². The van der Waals surface area contributed by atoms with Gasteiger partial charge in [0.05, 0.1) is 18.0 Å². The minimum Gasteiger partial charge on any atom is -0.459 e. The Balaban J connectivity index is 2.06. The molecule has 1 aromatic heterocycles. The van der Waals surface area contributed by atoms with Crippen LogP contribution in [0.4, 0.5) is 8.78 Å². The Morgan fingerprint density at radius 2 is 1.94 bits per heavy atom. The molecule has 18 heavy (non-hydrogen) atoms. The van der Waals surface area contributed by atoms with Crippen LogP contribution in [0.2, 0.25) is 0 Å². The van der Waals surface area contributed by atoms with E-state index in [9.17, 15) is 13.6 Å². The molecule has 92 valence electrons. The molecule has 1 amide bonds. The van der Waals surface area contributed by atoms with Gasteiger partial charge in [-0.2, -0.15) is 5.10 Å². The second-order valence-electron chi connectivity index (χ2n) is 3.31. The van der Waals surface area contributed by atoms with Crippen molar-refractivity contribution in [1.29, 1.82) is 0 Å². The number of amides is 1. The van der Waals surface area contributed by atoms with Crippen molar-refractivity contribution in [2.45, 2.75) is 0 Å². The Bertz CT molecular complexity index is 560. The van der Waals surface area contributed by atoms with Crippen LogP contribution in [0.15, 0.2) is 46.1 Å². The predicted molar refractivity (Wildman–Crippen MR) is 60.1 cm³/mol. The molecule has 0 aliphatic carbocycles. The zero-order valence-corrected chi connectivity index (χ0v) is 9.06. The first-order chi connectivity index (χ1) is 8.68. The number of furan rings is 1. The van der Waals surface area contributed by atoms with Gasteiger partial charge in [-0.1, -0.05) is 6.07 Å². The van der Waals surface area contributed by atoms with Crippen LogP contribution in [0.25, 0.3) is 0 Å². The van der Waals surface area contributed by atoms with Gasteiger partial charge >= 0.3 is 5.91 Å². The molecular weight excluding hydrogens is 242 g/mol. The first-order valence-electron chi connectivity index (χ1n) is 4.99. The number of nitrogens with one attached hydrogen (secondary N) is 1. The van der Waals surface area contributed by atoms with E-state index in [0.29, 0.717) is 0 Å². The molecule has 0 unspecified atom stereocenters. The number of rotatable bonds is 3. The highest BCUT2D eigenvalue weighted by molar-refractivity contribution is 5.92. The van der Waals surface area contributed by atoms with Crippen LogP contribution in [0.5, 0.6) is 0 Å². The topological polar surface area (TPSA) is 54.6 Å². The van der Waals surface area contributed by atoms with Gasteiger partial charge in [-0.15, -0.1) is 0 Å². The van der Waals surface area contributed by atoms with Crippen molar-refractivity contribution in [3.8, 4) is 0 Å². The third kappa shape index (κ3) is 2.60. The zero-order chi connectivity index (χ0) is 13.0. The number of nitrogens with zero attached hydrogens (tertiary/aromatic N) is 1. The molecule has 0 spiro atoms. The summed E-state index contributed by atoms with van der Waals surface area (Å²) in [4.78, 5) is 11.4. The van der Waals surface area contributed by atoms with Crippen molar-refractivity contribution in [3.63, 3.8) is 0 Å². The Morgan fingerprint density at radius 1 is 1.22 bits per heavy atom. The Morgan fingerprint density at radius 3 is 2.56 bits per heavy atom. The van der Waals surface area contributed by atoms with E-state index in [1.807, 2.05) is 0 Å². The number of benzene rings is 1. The molecule has 4 nitrogen and oxygen atoms in total. The highest BCUT2D eigenvalue weighted by atomic mass is 19.1. The molecule has 0 aliphatic heterocycles. The van der Waals surface area contributed by atoms with Crippen LogP contribution in [0.1, 0.15) is 16.1 Å². The van der Waals surface area contributed by atoms with Crippen molar-refractivity contribution < 1.29 is 18.0 Å². The molecule has 0 radical (unpaired) electrons. The second kappa shape index (κ2) is 5.22. The molecule has 0 aliphatic rings. The van der Waals surface area contributed by atoms with E-state index < -0.39 is 17.5 Å². The molecule has 1 N–H and O–H groups in total. The van der Waals surface area contributed by atoms with E-state index in [1.165, 1.54) is 24.5 Å². The van der Waals surface area contributed by atoms with Crippen LogP contribution in [0.3, 0.4) is 0 Å². The van der Waals surface area contributed by atoms with Crippen LogP contribution in [-0.4, -0.2) is 12.1 Å². The third-order valence-corrected chi connectivity index (χ3v) is 2.10. The highest BCUT2D eigenvalue weighted by Gasteiger charge is 2.08. The number of hydrazone groups is 1. The van der Waals surface area contributed by atoms with Gasteiger partial charge in [0.2, 0.25) is 0 Å². The average molecular weight is 250 g/mol. The van der Waals surface area contributed by atoms with Crippen molar-refractivity contribution in [2.24, 2.45) is 5.10 Å². The fourth-order valence-electron chi connectivity index (χ4n) is 1.25. The minimum atomic E-state index is -0.758. The monoisotopic (exact) mass is 250 g/mol. The number of carbonyl (C=O) groups is 1. The van der Waals surface area contributed by atoms with Gasteiger partial charge in [0.25, 0.3) is 0 Å². The lowest BCUT2D eigenvalue weighted by atomic mass is 10.2. The van der Waals surface area contributed by atoms with Gasteiger partial charge in [-0.05, 0) is 24.3 Å². The number of hydrogen-bond acceptors (Lipinski definition) is 3. The van der Waals surface area contributed by atoms with E-state index in [-0.39, 0.29) is 11.3 Å². The fraction of sp³-hybridized carbons (Fsp3) is 0. The van der Waals surface area contributed by atoms with Crippen molar-refractivity contribution in [3.05, 3.63) is 59.6 Å². The first-order valence-corrected chi connectivity index (χ1v) is 4.99. The van der Waals surface area contributed by atoms with E-state index in [0.717, 1.165) is 18.3 Å². The number of carbonyl (C=O) groups excluding carboxylic acids is 1. The van der Waals surface area contributed by atoms with Gasteiger partial charge in [0, 0.05) is 0 Å². The second-order valence-corrected chi connectivity index (χ2v) is 3.31. The lowest BCUT2D eigenvalue weighted by Crippen LogP contribution is -2.17. The van der Waals surface area contributed by atoms with Gasteiger partial charge < -0.3 is 4.42 Å². The third-order valence-electron chi connectivity index (χ3n) is 2.10. The molecule has 0 bridgehead atoms. The van der Waals surface area contributed by atoms with E-state index in [1.54, 1.807) is 0 Å². The molecular formula is C12H8F2N2O2. The zero-order valence-electron chi connectivity index (χ0n) is 9.06. The Labute approximate surface area is 101 Å². The maximum Gasteiger partial charge on any atom is 0.307 e. The van der Waals surface area contributed by atoms with Gasteiger partial charge in [-0.25, -0.2) is 14.2 Å².